The smallest absolute Gasteiger partial charge is 0.237 e. The summed E-state index contributed by atoms with van der Waals surface area (Å²) in [7, 11) is 1.63. The second-order valence-corrected chi connectivity index (χ2v) is 4.51. The molecule has 0 fully saturated rings. The Kier molecular flexibility index (Phi) is 4.94. The third-order valence-electron chi connectivity index (χ3n) is 2.47. The van der Waals surface area contributed by atoms with E-state index in [0.29, 0.717) is 25.6 Å². The lowest BCUT2D eigenvalue weighted by Gasteiger charge is -2.06. The van der Waals surface area contributed by atoms with Crippen LogP contribution < -0.4 is 10.1 Å². The molecule has 2 heterocycles. The highest BCUT2D eigenvalue weighted by atomic mass is 32.1. The highest BCUT2D eigenvalue weighted by Crippen LogP contribution is 2.22. The minimum atomic E-state index is 0.0615. The summed E-state index contributed by atoms with van der Waals surface area (Å²) in [6, 6.07) is 0. The number of aliphatic hydroxyl groups excluding tert-OH is 1. The Morgan fingerprint density at radius 1 is 1.50 bits per heavy atom. The molecule has 2 aromatic rings. The summed E-state index contributed by atoms with van der Waals surface area (Å²) >= 11 is 1.58. The minimum Gasteiger partial charge on any atom is -0.480 e. The van der Waals surface area contributed by atoms with E-state index < -0.39 is 0 Å². The molecule has 0 amide bonds. The largest absolute Gasteiger partial charge is 0.480 e. The zero-order valence-corrected chi connectivity index (χ0v) is 11.1. The van der Waals surface area contributed by atoms with Gasteiger partial charge in [-0.3, -0.25) is 4.40 Å². The third-order valence-corrected chi connectivity index (χ3v) is 3.23. The predicted octanol–water partition coefficient (Wildman–Crippen LogP) is 0.503. The van der Waals surface area contributed by atoms with Gasteiger partial charge in [0.15, 0.2) is 4.96 Å². The Balaban J connectivity index is 1.88. The Morgan fingerprint density at radius 2 is 2.39 bits per heavy atom. The van der Waals surface area contributed by atoms with Crippen LogP contribution in [-0.4, -0.2) is 48.0 Å². The average Bonchev–Trinajstić information content (AvgIpc) is 2.94. The molecular formula is C11H17N3O3S. The molecule has 0 saturated carbocycles. The van der Waals surface area contributed by atoms with Gasteiger partial charge in [0, 0.05) is 24.7 Å². The van der Waals surface area contributed by atoms with Crippen molar-refractivity contribution < 1.29 is 14.6 Å². The molecule has 0 aliphatic heterocycles. The molecule has 2 aromatic heterocycles. The molecule has 0 saturated heterocycles. The summed E-state index contributed by atoms with van der Waals surface area (Å²) in [6.45, 7) is 2.41. The van der Waals surface area contributed by atoms with Crippen molar-refractivity contribution in [2.24, 2.45) is 0 Å². The monoisotopic (exact) mass is 271 g/mol. The van der Waals surface area contributed by atoms with Crippen LogP contribution in [-0.2, 0) is 11.3 Å². The Labute approximate surface area is 109 Å². The number of hydrogen-bond donors (Lipinski definition) is 2. The molecule has 0 aliphatic carbocycles. The number of nitrogens with zero attached hydrogens (tertiary/aromatic N) is 2. The van der Waals surface area contributed by atoms with Gasteiger partial charge in [0.2, 0.25) is 5.88 Å². The van der Waals surface area contributed by atoms with Crippen molar-refractivity contribution in [3.63, 3.8) is 0 Å². The topological polar surface area (TPSA) is 68.0 Å². The number of hydrogen-bond acceptors (Lipinski definition) is 6. The first kappa shape index (κ1) is 13.3. The van der Waals surface area contributed by atoms with E-state index in [1.54, 1.807) is 18.4 Å². The van der Waals surface area contributed by atoms with Gasteiger partial charge in [-0.25, -0.2) is 0 Å². The van der Waals surface area contributed by atoms with Crippen molar-refractivity contribution in [3.8, 4) is 5.88 Å². The number of thiazole rings is 1. The van der Waals surface area contributed by atoms with Crippen molar-refractivity contribution in [1.29, 1.82) is 0 Å². The molecule has 7 heteroatoms. The molecule has 2 N–H and O–H groups in total. The molecule has 0 spiro atoms. The molecule has 0 bridgehead atoms. The lowest BCUT2D eigenvalue weighted by molar-refractivity contribution is 0.0937. The Hall–Kier alpha value is -1.15. The van der Waals surface area contributed by atoms with E-state index in [1.165, 1.54) is 0 Å². The summed E-state index contributed by atoms with van der Waals surface area (Å²) in [5.41, 5.74) is 1.01. The number of aromatic nitrogens is 2. The number of ether oxygens (including phenoxy) is 2. The van der Waals surface area contributed by atoms with Gasteiger partial charge in [-0.1, -0.05) is 0 Å². The molecule has 0 aliphatic rings. The van der Waals surface area contributed by atoms with Crippen LogP contribution in [0.1, 0.15) is 5.69 Å². The SMILES string of the molecule is COc1nc2sccn2c1CNCCOCCO. The number of methoxy groups -OCH3 is 1. The Bertz CT molecular complexity index is 483. The molecular weight excluding hydrogens is 254 g/mol. The predicted molar refractivity (Wildman–Crippen MR) is 69.2 cm³/mol. The number of imidazole rings is 1. The second kappa shape index (κ2) is 6.69. The van der Waals surface area contributed by atoms with Crippen LogP contribution in [0.2, 0.25) is 0 Å². The zero-order chi connectivity index (χ0) is 12.8. The first-order valence-electron chi connectivity index (χ1n) is 5.74. The van der Waals surface area contributed by atoms with Gasteiger partial charge in [-0.15, -0.1) is 11.3 Å². The minimum absolute atomic E-state index is 0.0615. The van der Waals surface area contributed by atoms with E-state index in [2.05, 4.69) is 10.3 Å². The van der Waals surface area contributed by atoms with Gasteiger partial charge in [-0.2, -0.15) is 4.98 Å². The summed E-state index contributed by atoms with van der Waals surface area (Å²) in [5.74, 6) is 0.658. The van der Waals surface area contributed by atoms with Crippen LogP contribution >= 0.6 is 11.3 Å². The number of aliphatic hydroxyl groups is 1. The van der Waals surface area contributed by atoms with Gasteiger partial charge in [0.1, 0.15) is 5.69 Å². The first-order valence-corrected chi connectivity index (χ1v) is 6.62. The summed E-state index contributed by atoms with van der Waals surface area (Å²) < 4.78 is 12.4. The molecule has 18 heavy (non-hydrogen) atoms. The molecule has 0 aromatic carbocycles. The van der Waals surface area contributed by atoms with Crippen molar-refractivity contribution in [1.82, 2.24) is 14.7 Å². The maximum absolute atomic E-state index is 8.56. The van der Waals surface area contributed by atoms with E-state index in [9.17, 15) is 0 Å². The van der Waals surface area contributed by atoms with Crippen LogP contribution in [0, 0.1) is 0 Å². The van der Waals surface area contributed by atoms with E-state index in [0.717, 1.165) is 17.2 Å². The highest BCUT2D eigenvalue weighted by Gasteiger charge is 2.12. The fraction of sp³-hybridized carbons (Fsp3) is 0.545. The van der Waals surface area contributed by atoms with Crippen LogP contribution in [0.5, 0.6) is 5.88 Å². The fourth-order valence-corrected chi connectivity index (χ4v) is 2.38. The van der Waals surface area contributed by atoms with E-state index in [1.807, 2.05) is 16.0 Å². The summed E-state index contributed by atoms with van der Waals surface area (Å²) in [5, 5.41) is 13.8. The molecule has 0 radical (unpaired) electrons. The summed E-state index contributed by atoms with van der Waals surface area (Å²) in [6.07, 6.45) is 1.98. The van der Waals surface area contributed by atoms with Crippen LogP contribution in [0.25, 0.3) is 4.96 Å². The van der Waals surface area contributed by atoms with Crippen molar-refractivity contribution in [2.75, 3.05) is 33.5 Å². The maximum atomic E-state index is 8.56. The van der Waals surface area contributed by atoms with Crippen LogP contribution in [0.15, 0.2) is 11.6 Å². The van der Waals surface area contributed by atoms with Gasteiger partial charge >= 0.3 is 0 Å². The molecule has 0 unspecified atom stereocenters. The lowest BCUT2D eigenvalue weighted by atomic mass is 10.4. The lowest BCUT2D eigenvalue weighted by Crippen LogP contribution is -2.21. The van der Waals surface area contributed by atoms with E-state index in [-0.39, 0.29) is 6.61 Å². The normalized spacial score (nSPS) is 11.2. The van der Waals surface area contributed by atoms with Gasteiger partial charge < -0.3 is 19.9 Å². The van der Waals surface area contributed by atoms with Crippen LogP contribution in [0.3, 0.4) is 0 Å². The van der Waals surface area contributed by atoms with Gasteiger partial charge in [-0.05, 0) is 0 Å². The maximum Gasteiger partial charge on any atom is 0.237 e. The number of rotatable bonds is 8. The number of nitrogens with one attached hydrogen (secondary N) is 1. The van der Waals surface area contributed by atoms with E-state index in [4.69, 9.17) is 14.6 Å². The molecule has 100 valence electrons. The average molecular weight is 271 g/mol. The summed E-state index contributed by atoms with van der Waals surface area (Å²) in [4.78, 5) is 5.31. The van der Waals surface area contributed by atoms with Crippen molar-refractivity contribution in [2.45, 2.75) is 6.54 Å². The highest BCUT2D eigenvalue weighted by molar-refractivity contribution is 7.15. The van der Waals surface area contributed by atoms with Crippen molar-refractivity contribution >= 4 is 16.3 Å². The van der Waals surface area contributed by atoms with Crippen LogP contribution in [0.4, 0.5) is 0 Å². The second-order valence-electron chi connectivity index (χ2n) is 3.64. The Morgan fingerprint density at radius 3 is 3.17 bits per heavy atom. The molecule has 0 atom stereocenters. The van der Waals surface area contributed by atoms with Gasteiger partial charge in [0.05, 0.1) is 26.9 Å². The third kappa shape index (κ3) is 2.99. The van der Waals surface area contributed by atoms with E-state index >= 15 is 0 Å². The molecule has 2 rings (SSSR count). The number of fused-ring (bicyclic) bond motifs is 1. The van der Waals surface area contributed by atoms with Gasteiger partial charge in [0.25, 0.3) is 0 Å². The van der Waals surface area contributed by atoms with Crippen molar-refractivity contribution in [3.05, 3.63) is 17.3 Å². The first-order chi connectivity index (χ1) is 8.86. The zero-order valence-electron chi connectivity index (χ0n) is 10.3. The quantitative estimate of drug-likeness (QED) is 0.684. The molecule has 6 nitrogen and oxygen atoms in total. The fourth-order valence-electron chi connectivity index (χ4n) is 1.65. The standard InChI is InChI=1S/C11H17N3O3S/c1-16-10-9(8-12-2-5-17-6-4-15)14-3-7-18-11(14)13-10/h3,7,12,15H,2,4-6,8H2,1H3.